The molecular weight excluding hydrogens is 230 g/mol. The summed E-state index contributed by atoms with van der Waals surface area (Å²) in [6.45, 7) is 6.03. The van der Waals surface area contributed by atoms with E-state index in [1.54, 1.807) is 16.8 Å². The Labute approximate surface area is 106 Å². The van der Waals surface area contributed by atoms with Crippen LogP contribution < -0.4 is 16.2 Å². The number of carbonyl (C=O) groups excluding carboxylic acids is 1. The topological polar surface area (TPSA) is 63.1 Å². The van der Waals surface area contributed by atoms with Crippen molar-refractivity contribution in [2.45, 2.75) is 26.8 Å². The monoisotopic (exact) mass is 249 g/mol. The molecule has 0 saturated carbocycles. The van der Waals surface area contributed by atoms with Gasteiger partial charge < -0.3 is 15.2 Å². The number of nitrogens with one attached hydrogen (secondary N) is 2. The average Bonchev–Trinajstić information content (AvgIpc) is 2.80. The second-order valence-corrected chi connectivity index (χ2v) is 4.98. The molecular formula is C13H19N3O2. The van der Waals surface area contributed by atoms with E-state index in [9.17, 15) is 9.59 Å². The number of pyridine rings is 1. The minimum atomic E-state index is -0.354. The smallest absolute Gasteiger partial charge is 0.250 e. The minimum absolute atomic E-state index is 0.00815. The maximum absolute atomic E-state index is 12.2. The van der Waals surface area contributed by atoms with Crippen LogP contribution in [0.5, 0.6) is 0 Å². The van der Waals surface area contributed by atoms with Gasteiger partial charge in [-0.25, -0.2) is 0 Å². The molecule has 5 nitrogen and oxygen atoms in total. The van der Waals surface area contributed by atoms with Gasteiger partial charge in [0.25, 0.3) is 5.56 Å². The van der Waals surface area contributed by atoms with Gasteiger partial charge in [-0.2, -0.15) is 0 Å². The van der Waals surface area contributed by atoms with Gasteiger partial charge in [0.1, 0.15) is 0 Å². The van der Waals surface area contributed by atoms with Crippen molar-refractivity contribution in [2.75, 3.05) is 18.4 Å². The van der Waals surface area contributed by atoms with Crippen LogP contribution in [-0.4, -0.2) is 23.6 Å². The summed E-state index contributed by atoms with van der Waals surface area (Å²) in [7, 11) is 0. The van der Waals surface area contributed by atoms with E-state index in [1.807, 2.05) is 13.8 Å². The highest BCUT2D eigenvalue weighted by Gasteiger charge is 2.36. The lowest BCUT2D eigenvalue weighted by Crippen LogP contribution is -2.35. The SMILES string of the molecule is CCn1cc(NC(=O)C2(C)CCNC2)ccc1=O. The van der Waals surface area contributed by atoms with Crippen LogP contribution in [0.2, 0.25) is 0 Å². The van der Waals surface area contributed by atoms with Crippen LogP contribution in [0.15, 0.2) is 23.1 Å². The van der Waals surface area contributed by atoms with Crippen LogP contribution in [-0.2, 0) is 11.3 Å². The maximum Gasteiger partial charge on any atom is 0.250 e. The Morgan fingerprint density at radius 3 is 2.94 bits per heavy atom. The largest absolute Gasteiger partial charge is 0.324 e. The van der Waals surface area contributed by atoms with Crippen LogP contribution in [0, 0.1) is 5.41 Å². The first-order valence-corrected chi connectivity index (χ1v) is 6.28. The van der Waals surface area contributed by atoms with Crippen LogP contribution >= 0.6 is 0 Å². The number of nitrogens with zero attached hydrogens (tertiary/aromatic N) is 1. The van der Waals surface area contributed by atoms with E-state index < -0.39 is 0 Å². The average molecular weight is 249 g/mol. The van der Waals surface area contributed by atoms with E-state index in [1.165, 1.54) is 6.07 Å². The molecule has 1 atom stereocenters. The molecule has 0 spiro atoms. The molecule has 1 aromatic rings. The van der Waals surface area contributed by atoms with Crippen molar-refractivity contribution in [1.29, 1.82) is 0 Å². The van der Waals surface area contributed by atoms with Gasteiger partial charge in [-0.15, -0.1) is 0 Å². The summed E-state index contributed by atoms with van der Waals surface area (Å²) in [6.07, 6.45) is 2.53. The first kappa shape index (κ1) is 12.8. The summed E-state index contributed by atoms with van der Waals surface area (Å²) in [4.78, 5) is 23.6. The van der Waals surface area contributed by atoms with Crippen molar-refractivity contribution in [3.63, 3.8) is 0 Å². The number of anilines is 1. The molecule has 1 aliphatic rings. The predicted molar refractivity (Wildman–Crippen MR) is 70.6 cm³/mol. The van der Waals surface area contributed by atoms with Crippen molar-refractivity contribution in [2.24, 2.45) is 5.41 Å². The Bertz CT molecular complexity index is 501. The first-order chi connectivity index (χ1) is 8.55. The van der Waals surface area contributed by atoms with E-state index in [2.05, 4.69) is 10.6 Å². The van der Waals surface area contributed by atoms with Gasteiger partial charge in [-0.1, -0.05) is 0 Å². The fraction of sp³-hybridized carbons (Fsp3) is 0.538. The lowest BCUT2D eigenvalue weighted by molar-refractivity contribution is -0.123. The standard InChI is InChI=1S/C13H19N3O2/c1-3-16-8-10(4-5-11(16)17)15-12(18)13(2)6-7-14-9-13/h4-5,8,14H,3,6-7,9H2,1-2H3,(H,15,18). The van der Waals surface area contributed by atoms with E-state index >= 15 is 0 Å². The molecule has 5 heteroatoms. The quantitative estimate of drug-likeness (QED) is 0.833. The van der Waals surface area contributed by atoms with Crippen molar-refractivity contribution in [1.82, 2.24) is 9.88 Å². The van der Waals surface area contributed by atoms with Gasteiger partial charge in [0, 0.05) is 25.4 Å². The molecule has 18 heavy (non-hydrogen) atoms. The summed E-state index contributed by atoms with van der Waals surface area (Å²) < 4.78 is 1.57. The number of rotatable bonds is 3. The highest BCUT2D eigenvalue weighted by molar-refractivity contribution is 5.95. The molecule has 98 valence electrons. The van der Waals surface area contributed by atoms with Crippen molar-refractivity contribution in [3.8, 4) is 0 Å². The first-order valence-electron chi connectivity index (χ1n) is 6.28. The summed E-state index contributed by atoms with van der Waals surface area (Å²) in [5.74, 6) is 0.00815. The van der Waals surface area contributed by atoms with E-state index in [4.69, 9.17) is 0 Å². The fourth-order valence-electron chi connectivity index (χ4n) is 2.15. The van der Waals surface area contributed by atoms with E-state index in [-0.39, 0.29) is 16.9 Å². The van der Waals surface area contributed by atoms with E-state index in [0.29, 0.717) is 18.8 Å². The molecule has 2 N–H and O–H groups in total. The zero-order valence-corrected chi connectivity index (χ0v) is 10.8. The van der Waals surface area contributed by atoms with Crippen LogP contribution in [0.3, 0.4) is 0 Å². The van der Waals surface area contributed by atoms with Crippen LogP contribution in [0.4, 0.5) is 5.69 Å². The lowest BCUT2D eigenvalue weighted by Gasteiger charge is -2.21. The Morgan fingerprint density at radius 1 is 1.56 bits per heavy atom. The number of hydrogen-bond donors (Lipinski definition) is 2. The predicted octanol–water partition coefficient (Wildman–Crippen LogP) is 0.806. The van der Waals surface area contributed by atoms with Gasteiger partial charge in [-0.3, -0.25) is 9.59 Å². The van der Waals surface area contributed by atoms with Crippen LogP contribution in [0.25, 0.3) is 0 Å². The Kier molecular flexibility index (Phi) is 3.52. The third kappa shape index (κ3) is 2.46. The zero-order valence-electron chi connectivity index (χ0n) is 10.8. The summed E-state index contributed by atoms with van der Waals surface area (Å²) in [6, 6.07) is 3.13. The molecule has 2 rings (SSSR count). The molecule has 0 aromatic carbocycles. The molecule has 0 bridgehead atoms. The van der Waals surface area contributed by atoms with Gasteiger partial charge in [0.05, 0.1) is 11.1 Å². The molecule has 0 aliphatic carbocycles. The fourth-order valence-corrected chi connectivity index (χ4v) is 2.15. The molecule has 1 unspecified atom stereocenters. The molecule has 1 aliphatic heterocycles. The third-order valence-electron chi connectivity index (χ3n) is 3.50. The van der Waals surface area contributed by atoms with Gasteiger partial charge in [-0.05, 0) is 32.9 Å². The number of aromatic nitrogens is 1. The molecule has 1 fully saturated rings. The van der Waals surface area contributed by atoms with Gasteiger partial charge in [0.2, 0.25) is 5.91 Å². The van der Waals surface area contributed by atoms with Crippen molar-refractivity contribution in [3.05, 3.63) is 28.7 Å². The van der Waals surface area contributed by atoms with Crippen molar-refractivity contribution >= 4 is 11.6 Å². The second-order valence-electron chi connectivity index (χ2n) is 4.98. The zero-order chi connectivity index (χ0) is 13.2. The second kappa shape index (κ2) is 4.94. The summed E-state index contributed by atoms with van der Waals surface area (Å²) in [5.41, 5.74) is 0.270. The molecule has 1 amide bonds. The maximum atomic E-state index is 12.2. The van der Waals surface area contributed by atoms with Gasteiger partial charge in [0.15, 0.2) is 0 Å². The van der Waals surface area contributed by atoms with Crippen LogP contribution in [0.1, 0.15) is 20.3 Å². The lowest BCUT2D eigenvalue weighted by atomic mass is 9.89. The Balaban J connectivity index is 2.14. The Morgan fingerprint density at radius 2 is 2.33 bits per heavy atom. The molecule has 2 heterocycles. The third-order valence-corrected chi connectivity index (χ3v) is 3.50. The van der Waals surface area contributed by atoms with Crippen molar-refractivity contribution < 1.29 is 4.79 Å². The number of aryl methyl sites for hydroxylation is 1. The van der Waals surface area contributed by atoms with E-state index in [0.717, 1.165) is 13.0 Å². The summed E-state index contributed by atoms with van der Waals surface area (Å²) >= 11 is 0. The Hall–Kier alpha value is -1.62. The minimum Gasteiger partial charge on any atom is -0.324 e. The molecule has 1 saturated heterocycles. The normalized spacial score (nSPS) is 23.0. The van der Waals surface area contributed by atoms with Gasteiger partial charge >= 0.3 is 0 Å². The summed E-state index contributed by atoms with van der Waals surface area (Å²) in [5, 5.41) is 6.08. The number of hydrogen-bond acceptors (Lipinski definition) is 3. The number of amides is 1. The molecule has 0 radical (unpaired) electrons. The highest BCUT2D eigenvalue weighted by atomic mass is 16.2. The molecule has 1 aromatic heterocycles. The highest BCUT2D eigenvalue weighted by Crippen LogP contribution is 2.26. The number of carbonyl (C=O) groups is 1.